The first-order valence-corrected chi connectivity index (χ1v) is 25.7. The summed E-state index contributed by atoms with van der Waals surface area (Å²) in [4.78, 5) is 41.4. The molecule has 0 fully saturated rings. The minimum absolute atomic E-state index is 0. The molecule has 0 heterocycles. The molecule has 21 heteroatoms. The van der Waals surface area contributed by atoms with Crippen molar-refractivity contribution in [1.82, 2.24) is 0 Å². The Balaban J connectivity index is -0.000000192. The van der Waals surface area contributed by atoms with Crippen molar-refractivity contribution in [1.29, 1.82) is 0 Å². The summed E-state index contributed by atoms with van der Waals surface area (Å²) in [6.45, 7) is 9.53. The van der Waals surface area contributed by atoms with Gasteiger partial charge in [-0.15, -0.1) is 0 Å². The van der Waals surface area contributed by atoms with Crippen LogP contribution in [-0.4, -0.2) is 26.4 Å². The summed E-state index contributed by atoms with van der Waals surface area (Å²) in [5, 5.41) is 0. The monoisotopic (exact) mass is 880 g/mol. The molecule has 0 saturated heterocycles. The summed E-state index contributed by atoms with van der Waals surface area (Å²) >= 11 is 0. The molecule has 0 saturated carbocycles. The first-order valence-electron chi connectivity index (χ1n) is 19.2. The molecule has 320 valence electrons. The number of unbranched alkanes of at least 4 members (excludes halogenated alkanes) is 20. The van der Waals surface area contributed by atoms with Crippen molar-refractivity contribution in [3.05, 3.63) is 0 Å². The molecular formula is C32H76N4O12P4Ti. The predicted octanol–water partition coefficient (Wildman–Crippen LogP) is 7.16. The maximum absolute atomic E-state index is 10.3. The van der Waals surface area contributed by atoms with Crippen LogP contribution in [0.15, 0.2) is 0 Å². The van der Waals surface area contributed by atoms with Gasteiger partial charge in [0.05, 0.1) is 26.4 Å². The summed E-state index contributed by atoms with van der Waals surface area (Å²) in [6.07, 6.45) is 26.4. The summed E-state index contributed by atoms with van der Waals surface area (Å²) in [5.74, 6) is 0. The fraction of sp³-hybridized carbons (Fsp3) is 1.00. The molecule has 0 radical (unpaired) electrons. The quantitative estimate of drug-likeness (QED) is 0.0296. The average molecular weight is 881 g/mol. The molecule has 0 aromatic carbocycles. The Morgan fingerprint density at radius 1 is 0.321 bits per heavy atom. The van der Waals surface area contributed by atoms with Gasteiger partial charge < -0.3 is 37.7 Å². The van der Waals surface area contributed by atoms with Crippen LogP contribution in [0.5, 0.6) is 0 Å². The normalized spacial score (nSPS) is 15.3. The van der Waals surface area contributed by atoms with Gasteiger partial charge in [0.25, 0.3) is 0 Å². The molecule has 0 amide bonds. The van der Waals surface area contributed by atoms with Crippen molar-refractivity contribution in [2.45, 2.75) is 182 Å². The maximum Gasteiger partial charge on any atom is 4.00 e. The molecular weight excluding hydrogens is 804 g/mol. The van der Waals surface area contributed by atoms with Crippen LogP contribution in [0.1, 0.15) is 182 Å². The Morgan fingerprint density at radius 3 is 0.585 bits per heavy atom. The molecule has 0 bridgehead atoms. The van der Waals surface area contributed by atoms with Gasteiger partial charge in [0.15, 0.2) is 0 Å². The number of hydrogen-bond acceptors (Lipinski definition) is 12. The summed E-state index contributed by atoms with van der Waals surface area (Å²) in [6, 6.07) is 0. The summed E-state index contributed by atoms with van der Waals surface area (Å²) in [5.41, 5.74) is 18.7. The van der Waals surface area contributed by atoms with Crippen LogP contribution >= 0.6 is 31.0 Å². The van der Waals surface area contributed by atoms with Gasteiger partial charge in [0, 0.05) is 0 Å². The van der Waals surface area contributed by atoms with Crippen LogP contribution in [0, 0.1) is 0 Å². The van der Waals surface area contributed by atoms with E-state index in [0.29, 0.717) is 0 Å². The predicted molar refractivity (Wildman–Crippen MR) is 204 cm³/mol. The van der Waals surface area contributed by atoms with E-state index in [9.17, 15) is 37.8 Å². The van der Waals surface area contributed by atoms with Gasteiger partial charge in [0.1, 0.15) is 0 Å². The van der Waals surface area contributed by atoms with Crippen molar-refractivity contribution in [3.63, 3.8) is 0 Å². The molecule has 0 rings (SSSR count). The minimum atomic E-state index is -3.98. The Hall–Kier alpha value is 1.15. The zero-order chi connectivity index (χ0) is 40.6. The van der Waals surface area contributed by atoms with Gasteiger partial charge in [-0.2, -0.15) is 0 Å². The fourth-order valence-electron chi connectivity index (χ4n) is 4.30. The molecule has 4 atom stereocenters. The van der Waals surface area contributed by atoms with Gasteiger partial charge in [-0.1, -0.05) is 156 Å². The smallest absolute Gasteiger partial charge is 0.766 e. The molecule has 0 aliphatic rings. The molecule has 16 nitrogen and oxygen atoms in total. The van der Waals surface area contributed by atoms with Crippen molar-refractivity contribution in [3.8, 4) is 0 Å². The zero-order valence-corrected chi connectivity index (χ0v) is 38.4. The van der Waals surface area contributed by atoms with E-state index in [1.54, 1.807) is 0 Å². The zero-order valence-electron chi connectivity index (χ0n) is 33.3. The van der Waals surface area contributed by atoms with Crippen molar-refractivity contribution < 1.29 is 77.6 Å². The molecule has 0 aliphatic heterocycles. The molecule has 0 aromatic heterocycles. The van der Waals surface area contributed by atoms with Crippen LogP contribution in [0.25, 0.3) is 0 Å². The SMILES string of the molecule is CCCCCCCCOP(N)(=O)[O-].CCCCCCCCOP(N)(=O)[O-].CCCCCCCCOP(N)(=O)[O-].CCCCCCCCOP(N)(=O)[O-].[Ti+4]. The fourth-order valence-corrected chi connectivity index (χ4v) is 5.83. The molecule has 0 aromatic rings. The van der Waals surface area contributed by atoms with E-state index >= 15 is 0 Å². The van der Waals surface area contributed by atoms with Gasteiger partial charge in [-0.25, -0.2) is 0 Å². The maximum atomic E-state index is 10.3. The largest absolute Gasteiger partial charge is 4.00 e. The Bertz CT molecular complexity index is 781. The first kappa shape index (κ1) is 63.3. The van der Waals surface area contributed by atoms with Gasteiger partial charge in [0.2, 0.25) is 31.0 Å². The van der Waals surface area contributed by atoms with Crippen LogP contribution < -0.4 is 41.6 Å². The third-order valence-electron chi connectivity index (χ3n) is 7.08. The van der Waals surface area contributed by atoms with Crippen molar-refractivity contribution >= 4 is 31.0 Å². The molecule has 0 spiro atoms. The van der Waals surface area contributed by atoms with E-state index in [1.165, 1.54) is 77.0 Å². The van der Waals surface area contributed by atoms with E-state index in [0.717, 1.165) is 77.0 Å². The second kappa shape index (κ2) is 44.3. The van der Waals surface area contributed by atoms with Gasteiger partial charge in [-0.3, -0.25) is 40.3 Å². The molecule has 8 N–H and O–H groups in total. The van der Waals surface area contributed by atoms with E-state index in [4.69, 9.17) is 0 Å². The number of nitrogens with two attached hydrogens (primary N) is 4. The summed E-state index contributed by atoms with van der Waals surface area (Å²) in [7, 11) is -15.9. The molecule has 53 heavy (non-hydrogen) atoms. The van der Waals surface area contributed by atoms with Crippen LogP contribution in [0.4, 0.5) is 0 Å². The Labute approximate surface area is 337 Å². The molecule has 0 aliphatic carbocycles. The van der Waals surface area contributed by atoms with Crippen molar-refractivity contribution in [2.75, 3.05) is 26.4 Å². The Morgan fingerprint density at radius 2 is 0.453 bits per heavy atom. The van der Waals surface area contributed by atoms with Crippen LogP contribution in [-0.2, 0) is 58.1 Å². The van der Waals surface area contributed by atoms with Crippen LogP contribution in [0.3, 0.4) is 0 Å². The minimum Gasteiger partial charge on any atom is -0.766 e. The Kier molecular flexibility index (Phi) is 52.9. The van der Waals surface area contributed by atoms with E-state index in [2.05, 4.69) is 67.8 Å². The van der Waals surface area contributed by atoms with Crippen LogP contribution in [0.2, 0.25) is 0 Å². The molecule has 4 unspecified atom stereocenters. The topological polar surface area (TPSA) is 302 Å². The third-order valence-corrected chi connectivity index (χ3v) is 9.25. The second-order valence-electron chi connectivity index (χ2n) is 12.6. The third kappa shape index (κ3) is 82.1. The number of rotatable bonds is 32. The average Bonchev–Trinajstić information content (AvgIpc) is 3.02. The standard InChI is InChI=1S/4C8H20NO3P.Ti/c4*1-2-3-4-5-6-7-8-12-13(9,10)11;/h4*2-8H2,1H3,(H3,9,10,11);/q;;;;+4/p-4. The van der Waals surface area contributed by atoms with Gasteiger partial charge >= 0.3 is 21.7 Å². The first-order chi connectivity index (χ1) is 24.2. The number of hydrogen-bond donors (Lipinski definition) is 4. The van der Waals surface area contributed by atoms with E-state index in [1.807, 2.05) is 0 Å². The van der Waals surface area contributed by atoms with Crippen molar-refractivity contribution in [2.24, 2.45) is 22.0 Å². The second-order valence-corrected chi connectivity index (χ2v) is 17.9. The van der Waals surface area contributed by atoms with E-state index < -0.39 is 31.0 Å². The van der Waals surface area contributed by atoms with E-state index in [-0.39, 0.29) is 48.1 Å². The van der Waals surface area contributed by atoms with Gasteiger partial charge in [-0.05, 0) is 25.7 Å². The summed E-state index contributed by atoms with van der Waals surface area (Å²) < 4.78 is 59.1.